The molecule has 0 saturated heterocycles. The first kappa shape index (κ1) is 10.4. The van der Waals surface area contributed by atoms with Gasteiger partial charge in [-0.15, -0.1) is 0 Å². The minimum absolute atomic E-state index is 0.125. The van der Waals surface area contributed by atoms with Gasteiger partial charge in [0.15, 0.2) is 11.5 Å². The number of benzene rings is 1. The van der Waals surface area contributed by atoms with Crippen LogP contribution in [0.4, 0.5) is 0 Å². The number of para-hydroxylation sites is 2. The highest BCUT2D eigenvalue weighted by Crippen LogP contribution is 2.25. The van der Waals surface area contributed by atoms with Crippen molar-refractivity contribution in [1.29, 1.82) is 5.41 Å². The maximum atomic E-state index is 7.03. The van der Waals surface area contributed by atoms with Crippen molar-refractivity contribution in [3.05, 3.63) is 24.3 Å². The van der Waals surface area contributed by atoms with Crippen molar-refractivity contribution in [2.45, 2.75) is 6.42 Å². The Morgan fingerprint density at radius 1 is 1.36 bits per heavy atom. The Labute approximate surface area is 83.1 Å². The molecule has 1 rings (SSSR count). The van der Waals surface area contributed by atoms with Gasteiger partial charge in [-0.3, -0.25) is 5.41 Å². The maximum Gasteiger partial charge on any atom is 0.161 e. The molecule has 4 nitrogen and oxygen atoms in total. The zero-order valence-corrected chi connectivity index (χ0v) is 8.12. The SMILES string of the molecule is COc1ccccc1OCCC(=N)N. The maximum absolute atomic E-state index is 7.03. The molecule has 0 saturated carbocycles. The number of ether oxygens (including phenoxy) is 2. The molecule has 0 fully saturated rings. The van der Waals surface area contributed by atoms with Crippen LogP contribution < -0.4 is 15.2 Å². The van der Waals surface area contributed by atoms with Crippen molar-refractivity contribution in [3.63, 3.8) is 0 Å². The fourth-order valence-electron chi connectivity index (χ4n) is 1.01. The topological polar surface area (TPSA) is 68.3 Å². The summed E-state index contributed by atoms with van der Waals surface area (Å²) in [4.78, 5) is 0. The lowest BCUT2D eigenvalue weighted by molar-refractivity contribution is 0.302. The second kappa shape index (κ2) is 5.11. The van der Waals surface area contributed by atoms with Gasteiger partial charge in [0.25, 0.3) is 0 Å². The lowest BCUT2D eigenvalue weighted by atomic mass is 10.3. The summed E-state index contributed by atoms with van der Waals surface area (Å²) in [6.45, 7) is 0.399. The van der Waals surface area contributed by atoms with Gasteiger partial charge in [0.05, 0.1) is 19.6 Å². The van der Waals surface area contributed by atoms with E-state index in [1.807, 2.05) is 24.3 Å². The minimum Gasteiger partial charge on any atom is -0.493 e. The van der Waals surface area contributed by atoms with E-state index in [1.54, 1.807) is 7.11 Å². The van der Waals surface area contributed by atoms with E-state index in [9.17, 15) is 0 Å². The van der Waals surface area contributed by atoms with E-state index in [2.05, 4.69) is 0 Å². The first-order valence-electron chi connectivity index (χ1n) is 4.32. The zero-order valence-electron chi connectivity index (χ0n) is 8.12. The van der Waals surface area contributed by atoms with Gasteiger partial charge >= 0.3 is 0 Å². The van der Waals surface area contributed by atoms with E-state index >= 15 is 0 Å². The van der Waals surface area contributed by atoms with Gasteiger partial charge in [-0.25, -0.2) is 0 Å². The quantitative estimate of drug-likeness (QED) is 0.550. The highest BCUT2D eigenvalue weighted by atomic mass is 16.5. The highest BCUT2D eigenvalue weighted by Gasteiger charge is 2.01. The van der Waals surface area contributed by atoms with Gasteiger partial charge in [-0.1, -0.05) is 12.1 Å². The molecule has 0 bridgehead atoms. The molecule has 0 aromatic heterocycles. The van der Waals surface area contributed by atoms with Crippen LogP contribution >= 0.6 is 0 Å². The van der Waals surface area contributed by atoms with Gasteiger partial charge in [0.1, 0.15) is 0 Å². The molecule has 0 heterocycles. The molecular weight excluding hydrogens is 180 g/mol. The molecule has 0 amide bonds. The fourth-order valence-corrected chi connectivity index (χ4v) is 1.01. The van der Waals surface area contributed by atoms with Crippen LogP contribution in [-0.2, 0) is 0 Å². The third-order valence-electron chi connectivity index (χ3n) is 1.70. The Hall–Kier alpha value is -1.71. The summed E-state index contributed by atoms with van der Waals surface area (Å²) in [6.07, 6.45) is 0.429. The second-order valence-corrected chi connectivity index (χ2v) is 2.77. The van der Waals surface area contributed by atoms with Crippen LogP contribution in [0.5, 0.6) is 11.5 Å². The van der Waals surface area contributed by atoms with Crippen LogP contribution in [0, 0.1) is 5.41 Å². The predicted molar refractivity (Wildman–Crippen MR) is 55.0 cm³/mol. The monoisotopic (exact) mass is 194 g/mol. The summed E-state index contributed by atoms with van der Waals surface area (Å²) in [5.74, 6) is 1.49. The molecule has 76 valence electrons. The van der Waals surface area contributed by atoms with Crippen LogP contribution in [0.2, 0.25) is 0 Å². The molecule has 1 aromatic rings. The second-order valence-electron chi connectivity index (χ2n) is 2.77. The summed E-state index contributed by atoms with van der Waals surface area (Å²) in [7, 11) is 1.59. The standard InChI is InChI=1S/C10H14N2O2/c1-13-8-4-2-3-5-9(8)14-7-6-10(11)12/h2-5H,6-7H2,1H3,(H3,11,12). The van der Waals surface area contributed by atoms with E-state index in [0.717, 1.165) is 0 Å². The number of rotatable bonds is 5. The van der Waals surface area contributed by atoms with Crippen LogP contribution in [0.15, 0.2) is 24.3 Å². The average molecular weight is 194 g/mol. The molecule has 0 aliphatic rings. The van der Waals surface area contributed by atoms with E-state index in [-0.39, 0.29) is 5.84 Å². The van der Waals surface area contributed by atoms with Crippen molar-refractivity contribution in [1.82, 2.24) is 0 Å². The van der Waals surface area contributed by atoms with Crippen LogP contribution in [-0.4, -0.2) is 19.6 Å². The van der Waals surface area contributed by atoms with Crippen molar-refractivity contribution in [3.8, 4) is 11.5 Å². The summed E-state index contributed by atoms with van der Waals surface area (Å²) in [6, 6.07) is 7.38. The first-order valence-corrected chi connectivity index (χ1v) is 4.32. The van der Waals surface area contributed by atoms with Crippen LogP contribution in [0.25, 0.3) is 0 Å². The zero-order chi connectivity index (χ0) is 10.4. The smallest absolute Gasteiger partial charge is 0.161 e. The minimum atomic E-state index is 0.125. The third kappa shape index (κ3) is 2.97. The van der Waals surface area contributed by atoms with Crippen LogP contribution in [0.1, 0.15) is 6.42 Å². The lowest BCUT2D eigenvalue weighted by Crippen LogP contribution is -2.13. The molecule has 0 aliphatic heterocycles. The largest absolute Gasteiger partial charge is 0.493 e. The Morgan fingerprint density at radius 3 is 2.57 bits per heavy atom. The molecule has 0 radical (unpaired) electrons. The Balaban J connectivity index is 2.53. The molecule has 0 spiro atoms. The molecule has 4 heteroatoms. The molecular formula is C10H14N2O2. The van der Waals surface area contributed by atoms with Gasteiger partial charge in [-0.05, 0) is 12.1 Å². The van der Waals surface area contributed by atoms with Gasteiger partial charge in [0.2, 0.25) is 0 Å². The lowest BCUT2D eigenvalue weighted by Gasteiger charge is -2.09. The van der Waals surface area contributed by atoms with Crippen molar-refractivity contribution in [2.75, 3.05) is 13.7 Å². The molecule has 0 aliphatic carbocycles. The Bertz CT molecular complexity index is 313. The summed E-state index contributed by atoms with van der Waals surface area (Å²) in [5.41, 5.74) is 5.20. The molecule has 0 unspecified atom stereocenters. The summed E-state index contributed by atoms with van der Waals surface area (Å²) >= 11 is 0. The normalized spacial score (nSPS) is 9.50. The number of hydrogen-bond acceptors (Lipinski definition) is 3. The third-order valence-corrected chi connectivity index (χ3v) is 1.70. The number of methoxy groups -OCH3 is 1. The van der Waals surface area contributed by atoms with Gasteiger partial charge in [0, 0.05) is 6.42 Å². The predicted octanol–water partition coefficient (Wildman–Crippen LogP) is 1.40. The fraction of sp³-hybridized carbons (Fsp3) is 0.300. The van der Waals surface area contributed by atoms with Crippen molar-refractivity contribution < 1.29 is 9.47 Å². The van der Waals surface area contributed by atoms with Gasteiger partial charge in [-0.2, -0.15) is 0 Å². The molecule has 3 N–H and O–H groups in total. The molecule has 1 aromatic carbocycles. The van der Waals surface area contributed by atoms with E-state index in [1.165, 1.54) is 0 Å². The molecule has 14 heavy (non-hydrogen) atoms. The van der Waals surface area contributed by atoms with Gasteiger partial charge < -0.3 is 15.2 Å². The van der Waals surface area contributed by atoms with E-state index in [0.29, 0.717) is 24.5 Å². The summed E-state index contributed by atoms with van der Waals surface area (Å²) < 4.78 is 10.5. The Morgan fingerprint density at radius 2 is 2.00 bits per heavy atom. The number of nitrogens with two attached hydrogens (primary N) is 1. The first-order chi connectivity index (χ1) is 6.74. The molecule has 0 atom stereocenters. The number of nitrogens with one attached hydrogen (secondary N) is 1. The average Bonchev–Trinajstić information content (AvgIpc) is 2.18. The highest BCUT2D eigenvalue weighted by molar-refractivity contribution is 5.76. The number of amidine groups is 1. The van der Waals surface area contributed by atoms with Crippen LogP contribution in [0.3, 0.4) is 0 Å². The summed E-state index contributed by atoms with van der Waals surface area (Å²) in [5, 5.41) is 7.03. The number of hydrogen-bond donors (Lipinski definition) is 2. The van der Waals surface area contributed by atoms with E-state index in [4.69, 9.17) is 20.6 Å². The van der Waals surface area contributed by atoms with E-state index < -0.39 is 0 Å². The van der Waals surface area contributed by atoms with Crippen molar-refractivity contribution in [2.24, 2.45) is 5.73 Å². The van der Waals surface area contributed by atoms with Crippen molar-refractivity contribution >= 4 is 5.84 Å². The Kier molecular flexibility index (Phi) is 3.79.